The highest BCUT2D eigenvalue weighted by molar-refractivity contribution is 5.34. The molecule has 1 aromatic carbocycles. The smallest absolute Gasteiger partial charge is 0.0648 e. The number of hydrogen-bond acceptors (Lipinski definition) is 3. The van der Waals surface area contributed by atoms with Gasteiger partial charge in [0.2, 0.25) is 0 Å². The molecule has 0 saturated heterocycles. The number of benzene rings is 1. The van der Waals surface area contributed by atoms with Crippen LogP contribution in [0.25, 0.3) is 5.69 Å². The fraction of sp³-hybridized carbons (Fsp3) is 0.400. The Balaban J connectivity index is 1.48. The van der Waals surface area contributed by atoms with E-state index < -0.39 is 0 Å². The van der Waals surface area contributed by atoms with Gasteiger partial charge in [-0.3, -0.25) is 0 Å². The quantitative estimate of drug-likeness (QED) is 0.741. The second kappa shape index (κ2) is 5.99. The van der Waals surface area contributed by atoms with Crippen LogP contribution in [-0.4, -0.2) is 28.9 Å². The molecule has 19 heavy (non-hydrogen) atoms. The Hall–Kier alpha value is -1.65. The standard InChI is InChI=1S/C15H20N4/c1-3-13(12-16-8-9-17-14-5-6-14)11-15(4-1)19-10-2-7-18-19/h1-4,7,10-11,14,16-17H,5-6,8-9,12H2. The summed E-state index contributed by atoms with van der Waals surface area (Å²) in [6.45, 7) is 2.98. The maximum Gasteiger partial charge on any atom is 0.0648 e. The van der Waals surface area contributed by atoms with E-state index in [1.165, 1.54) is 18.4 Å². The molecule has 3 rings (SSSR count). The first-order chi connectivity index (χ1) is 9.42. The number of nitrogens with zero attached hydrogens (tertiary/aromatic N) is 2. The molecule has 4 heteroatoms. The SMILES string of the molecule is c1cc(CNCCNC2CC2)cc(-n2cccn2)c1. The van der Waals surface area contributed by atoms with Crippen LogP contribution >= 0.6 is 0 Å². The van der Waals surface area contributed by atoms with E-state index in [-0.39, 0.29) is 0 Å². The van der Waals surface area contributed by atoms with Gasteiger partial charge in [0.25, 0.3) is 0 Å². The summed E-state index contributed by atoms with van der Waals surface area (Å²) in [4.78, 5) is 0. The van der Waals surface area contributed by atoms with Gasteiger partial charge in [0, 0.05) is 38.1 Å². The van der Waals surface area contributed by atoms with Crippen LogP contribution in [0.4, 0.5) is 0 Å². The minimum absolute atomic E-state index is 0.796. The molecule has 1 aliphatic carbocycles. The average molecular weight is 256 g/mol. The molecule has 0 unspecified atom stereocenters. The maximum absolute atomic E-state index is 4.25. The third-order valence-electron chi connectivity index (χ3n) is 3.32. The molecule has 1 heterocycles. The van der Waals surface area contributed by atoms with Crippen molar-refractivity contribution in [1.29, 1.82) is 0 Å². The Morgan fingerprint density at radius 1 is 1.21 bits per heavy atom. The van der Waals surface area contributed by atoms with Crippen LogP contribution in [-0.2, 0) is 6.54 Å². The maximum atomic E-state index is 4.25. The van der Waals surface area contributed by atoms with Gasteiger partial charge in [-0.25, -0.2) is 4.68 Å². The molecular formula is C15H20N4. The molecule has 4 nitrogen and oxygen atoms in total. The molecule has 0 aliphatic heterocycles. The molecule has 100 valence electrons. The lowest BCUT2D eigenvalue weighted by atomic mass is 10.2. The third kappa shape index (κ3) is 3.66. The topological polar surface area (TPSA) is 41.9 Å². The van der Waals surface area contributed by atoms with E-state index >= 15 is 0 Å². The van der Waals surface area contributed by atoms with Crippen LogP contribution in [0.5, 0.6) is 0 Å². The van der Waals surface area contributed by atoms with Gasteiger partial charge in [-0.15, -0.1) is 0 Å². The Morgan fingerprint density at radius 2 is 2.16 bits per heavy atom. The summed E-state index contributed by atoms with van der Waals surface area (Å²) in [6, 6.07) is 11.2. The molecule has 1 aliphatic rings. The van der Waals surface area contributed by atoms with Crippen LogP contribution in [0.3, 0.4) is 0 Å². The van der Waals surface area contributed by atoms with Gasteiger partial charge in [-0.05, 0) is 36.6 Å². The summed E-state index contributed by atoms with van der Waals surface area (Å²) in [6.07, 6.45) is 6.47. The van der Waals surface area contributed by atoms with Gasteiger partial charge in [0.15, 0.2) is 0 Å². The Kier molecular flexibility index (Phi) is 3.91. The average Bonchev–Trinajstić information content (AvgIpc) is 3.10. The Labute approximate surface area is 113 Å². The zero-order chi connectivity index (χ0) is 12.9. The van der Waals surface area contributed by atoms with Crippen molar-refractivity contribution >= 4 is 0 Å². The van der Waals surface area contributed by atoms with Crippen molar-refractivity contribution in [1.82, 2.24) is 20.4 Å². The zero-order valence-electron chi connectivity index (χ0n) is 11.0. The predicted molar refractivity (Wildman–Crippen MR) is 76.3 cm³/mol. The van der Waals surface area contributed by atoms with Crippen molar-refractivity contribution < 1.29 is 0 Å². The summed E-state index contributed by atoms with van der Waals surface area (Å²) < 4.78 is 1.89. The second-order valence-electron chi connectivity index (χ2n) is 5.03. The van der Waals surface area contributed by atoms with E-state index in [4.69, 9.17) is 0 Å². The van der Waals surface area contributed by atoms with Gasteiger partial charge in [0.1, 0.15) is 0 Å². The van der Waals surface area contributed by atoms with Crippen molar-refractivity contribution in [2.75, 3.05) is 13.1 Å². The molecule has 0 bridgehead atoms. The molecule has 0 spiro atoms. The van der Waals surface area contributed by atoms with Gasteiger partial charge in [0.05, 0.1) is 5.69 Å². The number of nitrogens with one attached hydrogen (secondary N) is 2. The molecule has 1 fully saturated rings. The summed E-state index contributed by atoms with van der Waals surface area (Å²) in [5.74, 6) is 0. The van der Waals surface area contributed by atoms with Gasteiger partial charge >= 0.3 is 0 Å². The molecule has 2 aromatic rings. The summed E-state index contributed by atoms with van der Waals surface area (Å²) in [7, 11) is 0. The normalized spacial score (nSPS) is 14.7. The molecule has 0 atom stereocenters. The highest BCUT2D eigenvalue weighted by Crippen LogP contribution is 2.17. The predicted octanol–water partition coefficient (Wildman–Crippen LogP) is 1.71. The van der Waals surface area contributed by atoms with E-state index in [9.17, 15) is 0 Å². The monoisotopic (exact) mass is 256 g/mol. The fourth-order valence-electron chi connectivity index (χ4n) is 2.12. The van der Waals surface area contributed by atoms with Gasteiger partial charge in [-0.1, -0.05) is 12.1 Å². The Bertz CT molecular complexity index is 503. The van der Waals surface area contributed by atoms with Crippen molar-refractivity contribution in [3.63, 3.8) is 0 Å². The van der Waals surface area contributed by atoms with Crippen LogP contribution in [0.15, 0.2) is 42.7 Å². The van der Waals surface area contributed by atoms with Crippen LogP contribution < -0.4 is 10.6 Å². The van der Waals surface area contributed by atoms with Crippen molar-refractivity contribution in [3.05, 3.63) is 48.3 Å². The number of hydrogen-bond donors (Lipinski definition) is 2. The summed E-state index contributed by atoms with van der Waals surface area (Å²) >= 11 is 0. The highest BCUT2D eigenvalue weighted by atomic mass is 15.3. The lowest BCUT2D eigenvalue weighted by molar-refractivity contribution is 0.608. The van der Waals surface area contributed by atoms with Crippen molar-refractivity contribution in [3.8, 4) is 5.69 Å². The summed E-state index contributed by atoms with van der Waals surface area (Å²) in [5.41, 5.74) is 2.40. The largest absolute Gasteiger partial charge is 0.313 e. The van der Waals surface area contributed by atoms with Crippen LogP contribution in [0, 0.1) is 0 Å². The number of rotatable bonds is 7. The molecule has 1 aromatic heterocycles. The first-order valence-corrected chi connectivity index (χ1v) is 6.95. The van der Waals surface area contributed by atoms with Crippen LogP contribution in [0.1, 0.15) is 18.4 Å². The lowest BCUT2D eigenvalue weighted by Crippen LogP contribution is -2.28. The first-order valence-electron chi connectivity index (χ1n) is 6.95. The fourth-order valence-corrected chi connectivity index (χ4v) is 2.12. The molecular weight excluding hydrogens is 236 g/mol. The van der Waals surface area contributed by atoms with Gasteiger partial charge < -0.3 is 10.6 Å². The van der Waals surface area contributed by atoms with Crippen molar-refractivity contribution in [2.45, 2.75) is 25.4 Å². The highest BCUT2D eigenvalue weighted by Gasteiger charge is 2.19. The molecule has 2 N–H and O–H groups in total. The number of aromatic nitrogens is 2. The van der Waals surface area contributed by atoms with E-state index in [0.29, 0.717) is 0 Å². The van der Waals surface area contributed by atoms with E-state index in [0.717, 1.165) is 31.4 Å². The zero-order valence-corrected chi connectivity index (χ0v) is 11.0. The lowest BCUT2D eigenvalue weighted by Gasteiger charge is -2.08. The van der Waals surface area contributed by atoms with Crippen molar-refractivity contribution in [2.24, 2.45) is 0 Å². The van der Waals surface area contributed by atoms with Gasteiger partial charge in [-0.2, -0.15) is 5.10 Å². The van der Waals surface area contributed by atoms with E-state index in [1.54, 1.807) is 6.20 Å². The summed E-state index contributed by atoms with van der Waals surface area (Å²) in [5, 5.41) is 11.2. The van der Waals surface area contributed by atoms with E-state index in [1.807, 2.05) is 16.9 Å². The molecule has 0 radical (unpaired) electrons. The Morgan fingerprint density at radius 3 is 2.95 bits per heavy atom. The van der Waals surface area contributed by atoms with Crippen LogP contribution in [0.2, 0.25) is 0 Å². The second-order valence-corrected chi connectivity index (χ2v) is 5.03. The first kappa shape index (κ1) is 12.4. The molecule has 1 saturated carbocycles. The minimum atomic E-state index is 0.796. The van der Waals surface area contributed by atoms with E-state index in [2.05, 4.69) is 40.0 Å². The minimum Gasteiger partial charge on any atom is -0.313 e. The molecule has 0 amide bonds. The third-order valence-corrected chi connectivity index (χ3v) is 3.32.